The molecule has 1 fully saturated rings. The maximum Gasteiger partial charge on any atom is 0.209 e. The van der Waals surface area contributed by atoms with E-state index in [9.17, 15) is 0 Å². The molecule has 1 aliphatic carbocycles. The van der Waals surface area contributed by atoms with Crippen LogP contribution in [0.25, 0.3) is 0 Å². The van der Waals surface area contributed by atoms with Crippen LogP contribution in [0, 0.1) is 0 Å². The van der Waals surface area contributed by atoms with Crippen molar-refractivity contribution in [2.75, 3.05) is 14.2 Å². The lowest BCUT2D eigenvalue weighted by molar-refractivity contribution is -0.113. The molecule has 2 rings (SSSR count). The first kappa shape index (κ1) is 13.8. The average Bonchev–Trinajstić information content (AvgIpc) is 2.84. The highest BCUT2D eigenvalue weighted by molar-refractivity contribution is 7.99. The van der Waals surface area contributed by atoms with Gasteiger partial charge in [0.2, 0.25) is 5.16 Å². The second-order valence-electron chi connectivity index (χ2n) is 4.42. The van der Waals surface area contributed by atoms with E-state index >= 15 is 0 Å². The van der Waals surface area contributed by atoms with Crippen LogP contribution in [-0.4, -0.2) is 46.0 Å². The number of methoxy groups -OCH3 is 2. The van der Waals surface area contributed by atoms with Gasteiger partial charge in [-0.05, 0) is 23.3 Å². The highest BCUT2D eigenvalue weighted by Crippen LogP contribution is 2.32. The Morgan fingerprint density at radius 1 is 1.28 bits per heavy atom. The first-order valence-corrected chi connectivity index (χ1v) is 7.20. The Bertz CT molecular complexity index is 351. The number of ether oxygens (including phenoxy) is 2. The quantitative estimate of drug-likeness (QED) is 0.735. The van der Waals surface area contributed by atoms with Crippen LogP contribution in [0.4, 0.5) is 0 Å². The van der Waals surface area contributed by atoms with E-state index in [4.69, 9.17) is 9.47 Å². The zero-order valence-electron chi connectivity index (χ0n) is 10.9. The summed E-state index contributed by atoms with van der Waals surface area (Å²) in [6, 6.07) is 0. The fourth-order valence-corrected chi connectivity index (χ4v) is 3.30. The summed E-state index contributed by atoms with van der Waals surface area (Å²) in [5.74, 6) is 0. The van der Waals surface area contributed by atoms with Crippen LogP contribution in [0.3, 0.4) is 0 Å². The highest BCUT2D eigenvalue weighted by Gasteiger charge is 2.19. The minimum absolute atomic E-state index is 0.306. The fraction of sp³-hybridized carbons (Fsp3) is 0.909. The van der Waals surface area contributed by atoms with E-state index in [2.05, 4.69) is 15.5 Å². The second kappa shape index (κ2) is 7.06. The lowest BCUT2D eigenvalue weighted by Gasteiger charge is -2.20. The zero-order chi connectivity index (χ0) is 12.8. The summed E-state index contributed by atoms with van der Waals surface area (Å²) in [5.41, 5.74) is 0. The van der Waals surface area contributed by atoms with Gasteiger partial charge in [0.15, 0.2) is 6.29 Å². The van der Waals surface area contributed by atoms with E-state index in [-0.39, 0.29) is 6.29 Å². The molecule has 0 spiro atoms. The van der Waals surface area contributed by atoms with E-state index < -0.39 is 0 Å². The van der Waals surface area contributed by atoms with Gasteiger partial charge in [-0.15, -0.1) is 5.10 Å². The van der Waals surface area contributed by atoms with Gasteiger partial charge in [0, 0.05) is 19.5 Å². The predicted octanol–water partition coefficient (Wildman–Crippen LogP) is 1.72. The van der Waals surface area contributed by atoms with Crippen molar-refractivity contribution in [1.29, 1.82) is 0 Å². The van der Waals surface area contributed by atoms with Gasteiger partial charge in [0.25, 0.3) is 0 Å². The third-order valence-electron chi connectivity index (χ3n) is 3.17. The number of thioether (sulfide) groups is 1. The molecule has 0 bridgehead atoms. The molecule has 0 atom stereocenters. The summed E-state index contributed by atoms with van der Waals surface area (Å²) in [5, 5.41) is 13.3. The van der Waals surface area contributed by atoms with Crippen LogP contribution < -0.4 is 0 Å². The molecular weight excluding hydrogens is 252 g/mol. The van der Waals surface area contributed by atoms with Crippen molar-refractivity contribution in [3.63, 3.8) is 0 Å². The highest BCUT2D eigenvalue weighted by atomic mass is 32.2. The van der Waals surface area contributed by atoms with Gasteiger partial charge in [-0.25, -0.2) is 4.68 Å². The largest absolute Gasteiger partial charge is 0.354 e. The number of hydrogen-bond acceptors (Lipinski definition) is 6. The van der Waals surface area contributed by atoms with Gasteiger partial charge >= 0.3 is 0 Å². The normalized spacial score (nSPS) is 17.5. The lowest BCUT2D eigenvalue weighted by atomic mass is 10.0. The molecule has 1 heterocycles. The molecule has 0 aliphatic heterocycles. The molecule has 102 valence electrons. The monoisotopic (exact) mass is 272 g/mol. The number of aromatic nitrogens is 4. The van der Waals surface area contributed by atoms with Crippen molar-refractivity contribution >= 4 is 11.8 Å². The Kier molecular flexibility index (Phi) is 5.40. The first-order chi connectivity index (χ1) is 8.83. The molecule has 7 heteroatoms. The Morgan fingerprint density at radius 2 is 2.00 bits per heavy atom. The summed E-state index contributed by atoms with van der Waals surface area (Å²) < 4.78 is 12.1. The van der Waals surface area contributed by atoms with Crippen LogP contribution in [0.1, 0.15) is 32.1 Å². The zero-order valence-corrected chi connectivity index (χ0v) is 11.7. The third kappa shape index (κ3) is 3.66. The molecular formula is C11H20N4O2S. The predicted molar refractivity (Wildman–Crippen MR) is 68.4 cm³/mol. The number of nitrogens with zero attached hydrogens (tertiary/aromatic N) is 4. The van der Waals surface area contributed by atoms with E-state index in [0.717, 1.165) is 5.16 Å². The Hall–Kier alpha value is -0.660. The van der Waals surface area contributed by atoms with Crippen molar-refractivity contribution in [1.82, 2.24) is 20.2 Å². The van der Waals surface area contributed by atoms with Crippen LogP contribution in [-0.2, 0) is 16.0 Å². The van der Waals surface area contributed by atoms with Crippen LogP contribution in [0.2, 0.25) is 0 Å². The van der Waals surface area contributed by atoms with Crippen molar-refractivity contribution < 1.29 is 9.47 Å². The molecule has 0 amide bonds. The summed E-state index contributed by atoms with van der Waals surface area (Å²) in [6.45, 7) is 0.523. The van der Waals surface area contributed by atoms with Gasteiger partial charge in [0.05, 0.1) is 6.54 Å². The molecule has 0 radical (unpaired) electrons. The molecule has 1 saturated carbocycles. The smallest absolute Gasteiger partial charge is 0.209 e. The maximum absolute atomic E-state index is 5.17. The van der Waals surface area contributed by atoms with Gasteiger partial charge < -0.3 is 9.47 Å². The van der Waals surface area contributed by atoms with E-state index in [1.807, 2.05) is 0 Å². The fourth-order valence-electron chi connectivity index (χ4n) is 2.11. The molecule has 1 aliphatic rings. The van der Waals surface area contributed by atoms with Gasteiger partial charge in [-0.1, -0.05) is 31.0 Å². The Labute approximate surface area is 111 Å². The summed E-state index contributed by atoms with van der Waals surface area (Å²) in [7, 11) is 3.24. The van der Waals surface area contributed by atoms with Crippen LogP contribution >= 0.6 is 11.8 Å². The minimum atomic E-state index is -0.306. The van der Waals surface area contributed by atoms with Gasteiger partial charge in [-0.3, -0.25) is 0 Å². The SMILES string of the molecule is COC(Cn1nnnc1SC1CCCCC1)OC. The van der Waals surface area contributed by atoms with Crippen molar-refractivity contribution in [2.45, 2.75) is 55.3 Å². The van der Waals surface area contributed by atoms with Crippen molar-refractivity contribution in [3.05, 3.63) is 0 Å². The lowest BCUT2D eigenvalue weighted by Crippen LogP contribution is -2.22. The molecule has 0 N–H and O–H groups in total. The van der Waals surface area contributed by atoms with Crippen molar-refractivity contribution in [3.8, 4) is 0 Å². The summed E-state index contributed by atoms with van der Waals surface area (Å²) in [6.07, 6.45) is 6.21. The molecule has 0 saturated heterocycles. The average molecular weight is 272 g/mol. The molecule has 0 unspecified atom stereocenters. The number of hydrogen-bond donors (Lipinski definition) is 0. The minimum Gasteiger partial charge on any atom is -0.354 e. The summed E-state index contributed by atoms with van der Waals surface area (Å²) in [4.78, 5) is 0. The van der Waals surface area contributed by atoms with Gasteiger partial charge in [-0.2, -0.15) is 0 Å². The van der Waals surface area contributed by atoms with Gasteiger partial charge in [0.1, 0.15) is 0 Å². The molecule has 1 aromatic heterocycles. The molecule has 18 heavy (non-hydrogen) atoms. The van der Waals surface area contributed by atoms with E-state index in [1.165, 1.54) is 32.1 Å². The third-order valence-corrected chi connectivity index (χ3v) is 4.48. The maximum atomic E-state index is 5.17. The van der Waals surface area contributed by atoms with Crippen LogP contribution in [0.15, 0.2) is 5.16 Å². The second-order valence-corrected chi connectivity index (χ2v) is 5.69. The Morgan fingerprint density at radius 3 is 2.67 bits per heavy atom. The number of rotatable bonds is 6. The Balaban J connectivity index is 1.93. The standard InChI is InChI=1S/C11H20N4O2S/c1-16-10(17-2)8-15-11(12-13-14-15)18-9-6-4-3-5-7-9/h9-10H,3-8H2,1-2H3. The van der Waals surface area contributed by atoms with Crippen LogP contribution in [0.5, 0.6) is 0 Å². The summed E-state index contributed by atoms with van der Waals surface area (Å²) >= 11 is 1.78. The van der Waals surface area contributed by atoms with E-state index in [0.29, 0.717) is 11.8 Å². The van der Waals surface area contributed by atoms with Crippen molar-refractivity contribution in [2.24, 2.45) is 0 Å². The van der Waals surface area contributed by atoms with E-state index in [1.54, 1.807) is 30.7 Å². The molecule has 6 nitrogen and oxygen atoms in total. The number of tetrazole rings is 1. The topological polar surface area (TPSA) is 62.1 Å². The molecule has 0 aromatic carbocycles. The first-order valence-electron chi connectivity index (χ1n) is 6.32. The molecule has 1 aromatic rings.